The number of hydrogen-bond acceptors (Lipinski definition) is 2. The first-order chi connectivity index (χ1) is 8.52. The van der Waals surface area contributed by atoms with Gasteiger partial charge in [0, 0.05) is 16.7 Å². The van der Waals surface area contributed by atoms with Gasteiger partial charge in [0.25, 0.3) is 0 Å². The van der Waals surface area contributed by atoms with Crippen molar-refractivity contribution >= 4 is 33.6 Å². The number of rotatable bonds is 5. The average Bonchev–Trinajstić information content (AvgIpc) is 2.31. The lowest BCUT2D eigenvalue weighted by atomic mass is 10.3. The van der Waals surface area contributed by atoms with E-state index in [0.29, 0.717) is 18.7 Å². The molecule has 0 unspecified atom stereocenters. The standard InChI is InChI=1S/C12H15BrN2O3/c1-2-7-15(8-11(16)17)12(18)14-10-5-3-9(13)4-6-10/h3-6H,2,7-8H2,1H3,(H,14,18)(H,16,17). The number of nitrogens with one attached hydrogen (secondary N) is 1. The number of urea groups is 1. The number of carbonyl (C=O) groups excluding carboxylic acids is 1. The summed E-state index contributed by atoms with van der Waals surface area (Å²) in [6.07, 6.45) is 0.709. The van der Waals surface area contributed by atoms with E-state index >= 15 is 0 Å². The molecule has 0 heterocycles. The Hall–Kier alpha value is -1.56. The highest BCUT2D eigenvalue weighted by molar-refractivity contribution is 9.10. The molecule has 0 saturated carbocycles. The van der Waals surface area contributed by atoms with Crippen molar-refractivity contribution in [2.24, 2.45) is 0 Å². The number of benzene rings is 1. The molecule has 1 aromatic carbocycles. The molecule has 0 aliphatic carbocycles. The van der Waals surface area contributed by atoms with Gasteiger partial charge in [0.05, 0.1) is 0 Å². The van der Waals surface area contributed by atoms with Crippen LogP contribution in [0.15, 0.2) is 28.7 Å². The molecule has 5 nitrogen and oxygen atoms in total. The maximum absolute atomic E-state index is 11.9. The Morgan fingerprint density at radius 3 is 2.44 bits per heavy atom. The monoisotopic (exact) mass is 314 g/mol. The summed E-state index contributed by atoms with van der Waals surface area (Å²) >= 11 is 3.30. The van der Waals surface area contributed by atoms with E-state index in [-0.39, 0.29) is 6.54 Å². The quantitative estimate of drug-likeness (QED) is 0.878. The molecule has 2 amide bonds. The normalized spacial score (nSPS) is 9.89. The Morgan fingerprint density at radius 1 is 1.33 bits per heavy atom. The van der Waals surface area contributed by atoms with Crippen LogP contribution < -0.4 is 5.32 Å². The number of carboxylic acids is 1. The third-order valence-electron chi connectivity index (χ3n) is 2.20. The Morgan fingerprint density at radius 2 is 1.94 bits per heavy atom. The van der Waals surface area contributed by atoms with E-state index in [0.717, 1.165) is 4.47 Å². The molecule has 0 radical (unpaired) electrons. The van der Waals surface area contributed by atoms with E-state index in [1.165, 1.54) is 4.90 Å². The number of carboxylic acid groups (broad SMARTS) is 1. The summed E-state index contributed by atoms with van der Waals surface area (Å²) in [6, 6.07) is 6.69. The van der Waals surface area contributed by atoms with Crippen LogP contribution in [0.1, 0.15) is 13.3 Å². The first-order valence-electron chi connectivity index (χ1n) is 5.56. The molecule has 1 rings (SSSR count). The van der Waals surface area contributed by atoms with Crippen LogP contribution in [-0.2, 0) is 4.79 Å². The van der Waals surface area contributed by atoms with Gasteiger partial charge in [-0.3, -0.25) is 4.79 Å². The third-order valence-corrected chi connectivity index (χ3v) is 2.73. The third kappa shape index (κ3) is 4.75. The summed E-state index contributed by atoms with van der Waals surface area (Å²) < 4.78 is 0.913. The molecule has 0 saturated heterocycles. The molecule has 0 spiro atoms. The Balaban J connectivity index is 2.65. The molecule has 0 fully saturated rings. The summed E-state index contributed by atoms with van der Waals surface area (Å²) in [4.78, 5) is 23.8. The smallest absolute Gasteiger partial charge is 0.323 e. The van der Waals surface area contributed by atoms with Crippen molar-refractivity contribution in [3.8, 4) is 0 Å². The fraction of sp³-hybridized carbons (Fsp3) is 0.333. The maximum Gasteiger partial charge on any atom is 0.323 e. The van der Waals surface area contributed by atoms with Gasteiger partial charge in [-0.15, -0.1) is 0 Å². The van der Waals surface area contributed by atoms with Crippen LogP contribution >= 0.6 is 15.9 Å². The molecule has 0 bridgehead atoms. The lowest BCUT2D eigenvalue weighted by Crippen LogP contribution is -2.39. The minimum absolute atomic E-state index is 0.295. The molecule has 6 heteroatoms. The van der Waals surface area contributed by atoms with E-state index in [9.17, 15) is 9.59 Å². The van der Waals surface area contributed by atoms with Gasteiger partial charge in [-0.05, 0) is 30.7 Å². The minimum Gasteiger partial charge on any atom is -0.480 e. The Bertz CT molecular complexity index is 420. The zero-order valence-corrected chi connectivity index (χ0v) is 11.6. The number of anilines is 1. The van der Waals surface area contributed by atoms with Crippen LogP contribution in [0.3, 0.4) is 0 Å². The van der Waals surface area contributed by atoms with Crippen molar-refractivity contribution in [2.75, 3.05) is 18.4 Å². The Labute approximate surface area is 114 Å². The van der Waals surface area contributed by atoms with Crippen LogP contribution in [0.4, 0.5) is 10.5 Å². The first kappa shape index (κ1) is 14.5. The van der Waals surface area contributed by atoms with Crippen LogP contribution in [-0.4, -0.2) is 35.1 Å². The molecule has 18 heavy (non-hydrogen) atoms. The van der Waals surface area contributed by atoms with Gasteiger partial charge in [-0.25, -0.2) is 4.79 Å². The molecule has 0 aromatic heterocycles. The van der Waals surface area contributed by atoms with Crippen molar-refractivity contribution in [3.05, 3.63) is 28.7 Å². The minimum atomic E-state index is -1.02. The SMILES string of the molecule is CCCN(CC(=O)O)C(=O)Nc1ccc(Br)cc1. The van der Waals surface area contributed by atoms with Gasteiger partial charge in [0.15, 0.2) is 0 Å². The van der Waals surface area contributed by atoms with Gasteiger partial charge < -0.3 is 15.3 Å². The zero-order valence-electron chi connectivity index (χ0n) is 10.0. The number of halogens is 1. The largest absolute Gasteiger partial charge is 0.480 e. The lowest BCUT2D eigenvalue weighted by Gasteiger charge is -2.20. The number of hydrogen-bond donors (Lipinski definition) is 2. The van der Waals surface area contributed by atoms with Crippen molar-refractivity contribution in [3.63, 3.8) is 0 Å². The molecule has 0 aliphatic rings. The summed E-state index contributed by atoms with van der Waals surface area (Å²) in [6.45, 7) is 2.01. The highest BCUT2D eigenvalue weighted by atomic mass is 79.9. The second-order valence-electron chi connectivity index (χ2n) is 3.75. The fourth-order valence-electron chi connectivity index (χ4n) is 1.42. The summed E-state index contributed by atoms with van der Waals surface area (Å²) in [5.41, 5.74) is 0.634. The van der Waals surface area contributed by atoms with Crippen LogP contribution in [0.2, 0.25) is 0 Å². The second-order valence-corrected chi connectivity index (χ2v) is 4.67. The van der Waals surface area contributed by atoms with Gasteiger partial charge in [-0.1, -0.05) is 22.9 Å². The van der Waals surface area contributed by atoms with Gasteiger partial charge >= 0.3 is 12.0 Å². The molecule has 1 aromatic rings. The van der Waals surface area contributed by atoms with Gasteiger partial charge in [0.1, 0.15) is 6.54 Å². The number of aliphatic carboxylic acids is 1. The highest BCUT2D eigenvalue weighted by Crippen LogP contribution is 2.14. The van der Waals surface area contributed by atoms with Crippen molar-refractivity contribution < 1.29 is 14.7 Å². The van der Waals surface area contributed by atoms with Crippen LogP contribution in [0, 0.1) is 0 Å². The highest BCUT2D eigenvalue weighted by Gasteiger charge is 2.15. The topological polar surface area (TPSA) is 69.6 Å². The summed E-state index contributed by atoms with van der Waals surface area (Å²) in [7, 11) is 0. The van der Waals surface area contributed by atoms with Crippen LogP contribution in [0.5, 0.6) is 0 Å². The Kier molecular flexibility index (Phi) is 5.64. The van der Waals surface area contributed by atoms with Crippen molar-refractivity contribution in [1.29, 1.82) is 0 Å². The summed E-state index contributed by atoms with van der Waals surface area (Å²) in [5, 5.41) is 11.4. The number of nitrogens with zero attached hydrogens (tertiary/aromatic N) is 1. The number of carbonyl (C=O) groups is 2. The molecule has 98 valence electrons. The first-order valence-corrected chi connectivity index (χ1v) is 6.35. The van der Waals surface area contributed by atoms with Gasteiger partial charge in [0.2, 0.25) is 0 Å². The van der Waals surface area contributed by atoms with Gasteiger partial charge in [-0.2, -0.15) is 0 Å². The summed E-state index contributed by atoms with van der Waals surface area (Å²) in [5.74, 6) is -1.02. The van der Waals surface area contributed by atoms with E-state index in [4.69, 9.17) is 5.11 Å². The molecule has 2 N–H and O–H groups in total. The lowest BCUT2D eigenvalue weighted by molar-refractivity contribution is -0.137. The zero-order chi connectivity index (χ0) is 13.5. The maximum atomic E-state index is 11.9. The van der Waals surface area contributed by atoms with Crippen molar-refractivity contribution in [2.45, 2.75) is 13.3 Å². The average molecular weight is 315 g/mol. The van der Waals surface area contributed by atoms with E-state index in [2.05, 4.69) is 21.2 Å². The van der Waals surface area contributed by atoms with Crippen LogP contribution in [0.25, 0.3) is 0 Å². The molecule has 0 atom stereocenters. The van der Waals surface area contributed by atoms with E-state index < -0.39 is 12.0 Å². The predicted molar refractivity (Wildman–Crippen MR) is 72.7 cm³/mol. The van der Waals surface area contributed by atoms with E-state index in [1.54, 1.807) is 24.3 Å². The van der Waals surface area contributed by atoms with Crippen molar-refractivity contribution in [1.82, 2.24) is 4.90 Å². The fourth-order valence-corrected chi connectivity index (χ4v) is 1.69. The molecular formula is C12H15BrN2O3. The molecule has 0 aliphatic heterocycles. The van der Waals surface area contributed by atoms with E-state index in [1.807, 2.05) is 6.92 Å². The molecular weight excluding hydrogens is 300 g/mol. The second kappa shape index (κ2) is 7.00. The number of amides is 2. The predicted octanol–water partition coefficient (Wildman–Crippen LogP) is 2.78.